The third kappa shape index (κ3) is 4.02. The van der Waals surface area contributed by atoms with Gasteiger partial charge in [-0.3, -0.25) is 9.59 Å². The Morgan fingerprint density at radius 2 is 1.72 bits per heavy atom. The van der Waals surface area contributed by atoms with E-state index in [4.69, 9.17) is 4.74 Å². The first-order valence-electron chi connectivity index (χ1n) is 9.33. The van der Waals surface area contributed by atoms with Gasteiger partial charge in [-0.15, -0.1) is 0 Å². The Morgan fingerprint density at radius 1 is 1.04 bits per heavy atom. The second-order valence-electron chi connectivity index (χ2n) is 7.17. The van der Waals surface area contributed by atoms with Gasteiger partial charge in [0.15, 0.2) is 6.61 Å². The lowest BCUT2D eigenvalue weighted by atomic mass is 9.79. The van der Waals surface area contributed by atoms with Crippen molar-refractivity contribution in [2.75, 3.05) is 19.7 Å². The molecule has 3 rings (SSSR count). The van der Waals surface area contributed by atoms with Crippen molar-refractivity contribution in [2.24, 2.45) is 0 Å². The molecule has 5 heteroatoms. The molecule has 0 atom stereocenters. The minimum absolute atomic E-state index is 0.123. The SMILES string of the molecule is O=C(COC(=O)C1(c2cccc(F)c2)CCCC1)N1CCCCCC1. The predicted molar refractivity (Wildman–Crippen MR) is 92.6 cm³/mol. The fourth-order valence-electron chi connectivity index (χ4n) is 4.05. The highest BCUT2D eigenvalue weighted by molar-refractivity contribution is 5.86. The van der Waals surface area contributed by atoms with Gasteiger partial charge in [-0.05, 0) is 43.4 Å². The van der Waals surface area contributed by atoms with Gasteiger partial charge in [-0.2, -0.15) is 0 Å². The first-order chi connectivity index (χ1) is 12.1. The van der Waals surface area contributed by atoms with Crippen LogP contribution in [0.4, 0.5) is 4.39 Å². The fraction of sp³-hybridized carbons (Fsp3) is 0.600. The predicted octanol–water partition coefficient (Wildman–Crippen LogP) is 3.58. The third-order valence-corrected chi connectivity index (χ3v) is 5.51. The first kappa shape index (κ1) is 17.9. The molecule has 1 amide bonds. The van der Waals surface area contributed by atoms with Crippen molar-refractivity contribution in [3.05, 3.63) is 35.6 Å². The normalized spacial score (nSPS) is 20.1. The van der Waals surface area contributed by atoms with Gasteiger partial charge in [0.25, 0.3) is 5.91 Å². The average molecular weight is 347 g/mol. The topological polar surface area (TPSA) is 46.6 Å². The molecule has 1 aliphatic heterocycles. The van der Waals surface area contributed by atoms with Gasteiger partial charge in [0.05, 0.1) is 5.41 Å². The summed E-state index contributed by atoms with van der Waals surface area (Å²) in [5.74, 6) is -0.862. The summed E-state index contributed by atoms with van der Waals surface area (Å²) in [6.07, 6.45) is 7.41. The van der Waals surface area contributed by atoms with Crippen LogP contribution in [0, 0.1) is 5.82 Å². The molecule has 1 saturated carbocycles. The minimum Gasteiger partial charge on any atom is -0.455 e. The fourth-order valence-corrected chi connectivity index (χ4v) is 4.05. The van der Waals surface area contributed by atoms with Crippen molar-refractivity contribution >= 4 is 11.9 Å². The summed E-state index contributed by atoms with van der Waals surface area (Å²) < 4.78 is 19.1. The van der Waals surface area contributed by atoms with Crippen molar-refractivity contribution in [1.82, 2.24) is 4.90 Å². The number of likely N-dealkylation sites (tertiary alicyclic amines) is 1. The second-order valence-corrected chi connectivity index (χ2v) is 7.17. The van der Waals surface area contributed by atoms with E-state index in [0.717, 1.165) is 51.6 Å². The highest BCUT2D eigenvalue weighted by Gasteiger charge is 2.44. The number of hydrogen-bond acceptors (Lipinski definition) is 3. The zero-order valence-corrected chi connectivity index (χ0v) is 14.6. The molecule has 1 aliphatic carbocycles. The van der Waals surface area contributed by atoms with Crippen LogP contribution in [0.25, 0.3) is 0 Å². The molecule has 136 valence electrons. The number of halogens is 1. The number of amides is 1. The molecule has 0 radical (unpaired) electrons. The van der Waals surface area contributed by atoms with E-state index in [9.17, 15) is 14.0 Å². The number of carbonyl (C=O) groups excluding carboxylic acids is 2. The molecule has 0 N–H and O–H groups in total. The molecule has 4 nitrogen and oxygen atoms in total. The van der Waals surface area contributed by atoms with Crippen molar-refractivity contribution < 1.29 is 18.7 Å². The molecule has 1 saturated heterocycles. The zero-order valence-electron chi connectivity index (χ0n) is 14.6. The van der Waals surface area contributed by atoms with Crippen LogP contribution in [0.2, 0.25) is 0 Å². The molecule has 25 heavy (non-hydrogen) atoms. The largest absolute Gasteiger partial charge is 0.455 e. The van der Waals surface area contributed by atoms with Crippen LogP contribution in [0.5, 0.6) is 0 Å². The number of ether oxygens (including phenoxy) is 1. The van der Waals surface area contributed by atoms with Crippen LogP contribution in [0.15, 0.2) is 24.3 Å². The van der Waals surface area contributed by atoms with E-state index < -0.39 is 11.4 Å². The summed E-state index contributed by atoms with van der Waals surface area (Å²) in [6, 6.07) is 6.20. The first-order valence-corrected chi connectivity index (χ1v) is 9.33. The van der Waals surface area contributed by atoms with Crippen LogP contribution in [-0.4, -0.2) is 36.5 Å². The third-order valence-electron chi connectivity index (χ3n) is 5.51. The molecule has 1 heterocycles. The van der Waals surface area contributed by atoms with Crippen LogP contribution in [0.3, 0.4) is 0 Å². The van der Waals surface area contributed by atoms with E-state index >= 15 is 0 Å². The Kier molecular flexibility index (Phi) is 5.71. The summed E-state index contributed by atoms with van der Waals surface area (Å²) in [7, 11) is 0. The van der Waals surface area contributed by atoms with Gasteiger partial charge in [0.2, 0.25) is 0 Å². The van der Waals surface area contributed by atoms with E-state index in [2.05, 4.69) is 0 Å². The Labute approximate surface area is 148 Å². The maximum absolute atomic E-state index is 13.6. The standard InChI is InChI=1S/C20H26FNO3/c21-17-9-7-8-16(14-17)20(10-3-4-11-20)19(24)25-15-18(23)22-12-5-1-2-6-13-22/h7-9,14H,1-6,10-13,15H2. The van der Waals surface area contributed by atoms with Crippen LogP contribution in [-0.2, 0) is 19.7 Å². The smallest absolute Gasteiger partial charge is 0.317 e. The summed E-state index contributed by atoms with van der Waals surface area (Å²) >= 11 is 0. The summed E-state index contributed by atoms with van der Waals surface area (Å²) in [5.41, 5.74) is -0.140. The Balaban J connectivity index is 1.66. The van der Waals surface area contributed by atoms with Gasteiger partial charge in [-0.25, -0.2) is 4.39 Å². The summed E-state index contributed by atoms with van der Waals surface area (Å²) in [5, 5.41) is 0. The summed E-state index contributed by atoms with van der Waals surface area (Å²) in [6.45, 7) is 1.27. The van der Waals surface area contributed by atoms with Gasteiger partial charge in [0, 0.05) is 13.1 Å². The number of esters is 1. The van der Waals surface area contributed by atoms with Crippen LogP contribution >= 0.6 is 0 Å². The maximum atomic E-state index is 13.6. The van der Waals surface area contributed by atoms with Gasteiger partial charge >= 0.3 is 5.97 Å². The monoisotopic (exact) mass is 347 g/mol. The van der Waals surface area contributed by atoms with Crippen LogP contribution in [0.1, 0.15) is 56.9 Å². The molecule has 0 aromatic heterocycles. The highest BCUT2D eigenvalue weighted by Crippen LogP contribution is 2.42. The van der Waals surface area contributed by atoms with Crippen molar-refractivity contribution in [3.63, 3.8) is 0 Å². The van der Waals surface area contributed by atoms with E-state index in [-0.39, 0.29) is 18.3 Å². The van der Waals surface area contributed by atoms with Crippen molar-refractivity contribution in [3.8, 4) is 0 Å². The van der Waals surface area contributed by atoms with Gasteiger partial charge in [0.1, 0.15) is 5.82 Å². The zero-order chi connectivity index (χ0) is 17.7. The number of hydrogen-bond donors (Lipinski definition) is 0. The lowest BCUT2D eigenvalue weighted by molar-refractivity contribution is -0.157. The van der Waals surface area contributed by atoms with E-state index in [1.54, 1.807) is 17.0 Å². The van der Waals surface area contributed by atoms with Gasteiger partial charge < -0.3 is 9.64 Å². The molecule has 2 fully saturated rings. The van der Waals surface area contributed by atoms with Gasteiger partial charge in [-0.1, -0.05) is 37.8 Å². The van der Waals surface area contributed by atoms with Crippen LogP contribution < -0.4 is 0 Å². The van der Waals surface area contributed by atoms with E-state index in [1.807, 2.05) is 0 Å². The quantitative estimate of drug-likeness (QED) is 0.782. The van der Waals surface area contributed by atoms with Crippen molar-refractivity contribution in [2.45, 2.75) is 56.8 Å². The summed E-state index contributed by atoms with van der Waals surface area (Å²) in [4.78, 5) is 27.0. The Bertz CT molecular complexity index is 617. The molecule has 1 aromatic carbocycles. The lowest BCUT2D eigenvalue weighted by Crippen LogP contribution is -2.39. The average Bonchev–Trinajstić information content (AvgIpc) is 2.96. The molecule has 0 unspecified atom stereocenters. The molecule has 0 spiro atoms. The molecule has 2 aliphatic rings. The number of benzene rings is 1. The number of nitrogens with zero attached hydrogens (tertiary/aromatic N) is 1. The molecular formula is C20H26FNO3. The Morgan fingerprint density at radius 3 is 2.36 bits per heavy atom. The maximum Gasteiger partial charge on any atom is 0.317 e. The van der Waals surface area contributed by atoms with E-state index in [1.165, 1.54) is 12.1 Å². The molecular weight excluding hydrogens is 321 g/mol. The van der Waals surface area contributed by atoms with E-state index in [0.29, 0.717) is 18.4 Å². The number of carbonyl (C=O) groups is 2. The number of rotatable bonds is 4. The lowest BCUT2D eigenvalue weighted by Gasteiger charge is -2.28. The van der Waals surface area contributed by atoms with Crippen molar-refractivity contribution in [1.29, 1.82) is 0 Å². The molecule has 0 bridgehead atoms. The highest BCUT2D eigenvalue weighted by atomic mass is 19.1. The molecule has 1 aromatic rings. The Hall–Kier alpha value is -1.91. The minimum atomic E-state index is -0.804. The second kappa shape index (κ2) is 7.98.